The summed E-state index contributed by atoms with van der Waals surface area (Å²) < 4.78 is 0. The number of hydrogen-bond acceptors (Lipinski definition) is 3. The molecule has 0 radical (unpaired) electrons. The lowest BCUT2D eigenvalue weighted by Gasteiger charge is -2.61. The molecule has 2 saturated carbocycles. The minimum Gasteiger partial charge on any atom is -0.393 e. The number of aliphatic hydroxyl groups is 1. The zero-order chi connectivity index (χ0) is 24.4. The normalized spacial score (nSPS) is 43.6. The number of rotatable bonds is 5. The van der Waals surface area contributed by atoms with E-state index in [2.05, 4.69) is 47.6 Å². The molecule has 4 aliphatic carbocycles. The number of hydrogen-bond donors (Lipinski definition) is 1. The Morgan fingerprint density at radius 3 is 2.48 bits per heavy atom. The molecule has 0 spiro atoms. The molecular weight excluding hydrogens is 408 g/mol. The Labute approximate surface area is 201 Å². The van der Waals surface area contributed by atoms with E-state index in [1.54, 1.807) is 0 Å². The Balaban J connectivity index is 1.68. The lowest BCUT2D eigenvalue weighted by Crippen LogP contribution is -2.57. The molecule has 0 aromatic heterocycles. The van der Waals surface area contributed by atoms with Crippen molar-refractivity contribution in [3.63, 3.8) is 0 Å². The van der Waals surface area contributed by atoms with Crippen LogP contribution < -0.4 is 0 Å². The van der Waals surface area contributed by atoms with Gasteiger partial charge in [-0.15, -0.1) is 0 Å². The van der Waals surface area contributed by atoms with Crippen molar-refractivity contribution in [1.29, 1.82) is 0 Å². The van der Waals surface area contributed by atoms with Crippen molar-refractivity contribution >= 4 is 12.1 Å². The molecule has 184 valence electrons. The average molecular weight is 455 g/mol. The van der Waals surface area contributed by atoms with Crippen LogP contribution in [0.4, 0.5) is 0 Å². The van der Waals surface area contributed by atoms with Gasteiger partial charge in [0.15, 0.2) is 5.78 Å². The fourth-order valence-electron chi connectivity index (χ4n) is 9.13. The van der Waals surface area contributed by atoms with Gasteiger partial charge in [0.05, 0.1) is 6.10 Å². The van der Waals surface area contributed by atoms with Crippen molar-refractivity contribution in [3.05, 3.63) is 22.8 Å². The van der Waals surface area contributed by atoms with Crippen LogP contribution >= 0.6 is 0 Å². The van der Waals surface area contributed by atoms with Gasteiger partial charge in [0.2, 0.25) is 0 Å². The highest BCUT2D eigenvalue weighted by atomic mass is 16.3. The molecule has 7 atom stereocenters. The van der Waals surface area contributed by atoms with E-state index in [0.29, 0.717) is 24.0 Å². The third kappa shape index (κ3) is 3.46. The van der Waals surface area contributed by atoms with E-state index >= 15 is 0 Å². The lowest BCUT2D eigenvalue weighted by atomic mass is 9.43. The topological polar surface area (TPSA) is 54.4 Å². The van der Waals surface area contributed by atoms with Crippen LogP contribution in [0, 0.1) is 39.4 Å². The quantitative estimate of drug-likeness (QED) is 0.365. The third-order valence-electron chi connectivity index (χ3n) is 11.6. The highest BCUT2D eigenvalue weighted by Gasteiger charge is 2.65. The average Bonchev–Trinajstić information content (AvgIpc) is 3.04. The molecule has 0 amide bonds. The first kappa shape index (κ1) is 24.9. The predicted molar refractivity (Wildman–Crippen MR) is 134 cm³/mol. The summed E-state index contributed by atoms with van der Waals surface area (Å²) in [6.45, 7) is 15.9. The molecule has 1 N–H and O–H groups in total. The zero-order valence-electron chi connectivity index (χ0n) is 22.1. The zero-order valence-corrected chi connectivity index (χ0v) is 22.1. The van der Waals surface area contributed by atoms with Crippen LogP contribution in [0.1, 0.15) is 106 Å². The van der Waals surface area contributed by atoms with Crippen molar-refractivity contribution in [2.45, 2.75) is 112 Å². The van der Waals surface area contributed by atoms with Gasteiger partial charge in [-0.05, 0) is 97.9 Å². The smallest absolute Gasteiger partial charge is 0.159 e. The van der Waals surface area contributed by atoms with Gasteiger partial charge in [0.1, 0.15) is 6.29 Å². The van der Waals surface area contributed by atoms with Crippen molar-refractivity contribution in [2.75, 3.05) is 0 Å². The largest absolute Gasteiger partial charge is 0.393 e. The number of fused-ring (bicyclic) bond motifs is 4. The second-order valence-corrected chi connectivity index (χ2v) is 13.3. The van der Waals surface area contributed by atoms with Gasteiger partial charge in [-0.2, -0.15) is 0 Å². The van der Waals surface area contributed by atoms with Crippen molar-refractivity contribution in [1.82, 2.24) is 0 Å². The maximum Gasteiger partial charge on any atom is 0.159 e. The highest BCUT2D eigenvalue weighted by Crippen LogP contribution is 2.71. The third-order valence-corrected chi connectivity index (χ3v) is 11.6. The molecule has 0 aromatic rings. The van der Waals surface area contributed by atoms with E-state index in [9.17, 15) is 14.7 Å². The summed E-state index contributed by atoms with van der Waals surface area (Å²) in [6.07, 6.45) is 11.7. The van der Waals surface area contributed by atoms with Crippen LogP contribution in [-0.4, -0.2) is 23.3 Å². The number of Topliss-reactive ketones (excluding diaryl/α,β-unsaturated/α-hetero) is 1. The van der Waals surface area contributed by atoms with E-state index in [1.165, 1.54) is 24.0 Å². The summed E-state index contributed by atoms with van der Waals surface area (Å²) >= 11 is 0. The summed E-state index contributed by atoms with van der Waals surface area (Å²) in [5.41, 5.74) is 3.42. The van der Waals surface area contributed by atoms with Gasteiger partial charge in [0, 0.05) is 17.4 Å². The van der Waals surface area contributed by atoms with E-state index < -0.39 is 0 Å². The molecular formula is C30H46O3. The standard InChI is InChI=1S/C30H46O3/c1-19(18-31)9-8-10-20(2)21-11-16-30(7)26-22(12-15-29(21,30)6)28(5)14-13-25(33)27(3,4)24(28)17-23(26)32/h9,18,20-21,24-25,33H,8,10-17H2,1-7H3/b19-9+/t20?,21-,24+,25?,28-,29-,30+/m1/s1. The molecule has 4 aliphatic rings. The SMILES string of the molecule is C/C(C=O)=C\CCC(C)[C@H]1CC[C@@]2(C)C3=C(CC[C@]12C)[C@@]1(C)CCC(O)C(C)(C)[C@@H]1CC3=O. The monoisotopic (exact) mass is 454 g/mol. The molecule has 0 aliphatic heterocycles. The van der Waals surface area contributed by atoms with E-state index in [0.717, 1.165) is 50.4 Å². The van der Waals surface area contributed by atoms with Crippen LogP contribution in [0.3, 0.4) is 0 Å². The van der Waals surface area contributed by atoms with Crippen molar-refractivity contribution in [2.24, 2.45) is 39.4 Å². The van der Waals surface area contributed by atoms with Crippen LogP contribution in [0.5, 0.6) is 0 Å². The lowest BCUT2D eigenvalue weighted by molar-refractivity contribution is -0.134. The number of aliphatic hydroxyl groups excluding tert-OH is 1. The summed E-state index contributed by atoms with van der Waals surface area (Å²) in [7, 11) is 0. The maximum absolute atomic E-state index is 13.9. The molecule has 0 heterocycles. The molecule has 4 rings (SSSR count). The minimum absolute atomic E-state index is 0.0389. The molecule has 33 heavy (non-hydrogen) atoms. The molecule has 0 bridgehead atoms. The molecule has 0 aromatic carbocycles. The fourth-order valence-corrected chi connectivity index (χ4v) is 9.13. The Hall–Kier alpha value is -1.22. The summed E-state index contributed by atoms with van der Waals surface area (Å²) in [5.74, 6) is 1.81. The Morgan fingerprint density at radius 2 is 1.82 bits per heavy atom. The molecule has 2 fully saturated rings. The molecule has 2 unspecified atom stereocenters. The van der Waals surface area contributed by atoms with E-state index in [4.69, 9.17) is 0 Å². The number of carbonyl (C=O) groups excluding carboxylic acids is 2. The number of ketones is 1. The molecule has 3 nitrogen and oxygen atoms in total. The molecule has 3 heteroatoms. The van der Waals surface area contributed by atoms with Crippen LogP contribution in [0.25, 0.3) is 0 Å². The van der Waals surface area contributed by atoms with E-state index in [-0.39, 0.29) is 33.7 Å². The predicted octanol–water partition coefficient (Wildman–Crippen LogP) is 6.84. The second-order valence-electron chi connectivity index (χ2n) is 13.3. The first-order valence-corrected chi connectivity index (χ1v) is 13.4. The fraction of sp³-hybridized carbons (Fsp3) is 0.800. The Morgan fingerprint density at radius 1 is 1.12 bits per heavy atom. The van der Waals surface area contributed by atoms with Crippen LogP contribution in [-0.2, 0) is 9.59 Å². The van der Waals surface area contributed by atoms with Crippen LogP contribution in [0.2, 0.25) is 0 Å². The summed E-state index contributed by atoms with van der Waals surface area (Å²) in [5, 5.41) is 10.8. The van der Waals surface area contributed by atoms with Gasteiger partial charge in [-0.25, -0.2) is 0 Å². The van der Waals surface area contributed by atoms with Crippen LogP contribution in [0.15, 0.2) is 22.8 Å². The van der Waals surface area contributed by atoms with Gasteiger partial charge in [-0.1, -0.05) is 53.2 Å². The molecule has 0 saturated heterocycles. The second kappa shape index (κ2) is 8.18. The summed E-state index contributed by atoms with van der Waals surface area (Å²) in [4.78, 5) is 24.8. The number of carbonyl (C=O) groups is 2. The first-order chi connectivity index (χ1) is 15.3. The summed E-state index contributed by atoms with van der Waals surface area (Å²) in [6, 6.07) is 0. The van der Waals surface area contributed by atoms with Crippen molar-refractivity contribution < 1.29 is 14.7 Å². The van der Waals surface area contributed by atoms with Gasteiger partial charge in [-0.3, -0.25) is 9.59 Å². The Kier molecular flexibility index (Phi) is 6.17. The van der Waals surface area contributed by atoms with E-state index in [1.807, 2.05) is 6.92 Å². The number of allylic oxidation sites excluding steroid dienone is 4. The van der Waals surface area contributed by atoms with Crippen molar-refractivity contribution in [3.8, 4) is 0 Å². The number of aldehydes is 1. The van der Waals surface area contributed by atoms with Gasteiger partial charge in [0.25, 0.3) is 0 Å². The highest BCUT2D eigenvalue weighted by molar-refractivity contribution is 5.99. The minimum atomic E-state index is -0.316. The maximum atomic E-state index is 13.9. The first-order valence-electron chi connectivity index (χ1n) is 13.4. The van der Waals surface area contributed by atoms with Gasteiger partial charge >= 0.3 is 0 Å². The Bertz CT molecular complexity index is 894. The van der Waals surface area contributed by atoms with Gasteiger partial charge < -0.3 is 5.11 Å².